The van der Waals surface area contributed by atoms with Crippen LogP contribution in [-0.2, 0) is 14.3 Å². The van der Waals surface area contributed by atoms with E-state index in [1.807, 2.05) is 73.0 Å². The van der Waals surface area contributed by atoms with Crippen LogP contribution in [0.25, 0.3) is 0 Å². The third kappa shape index (κ3) is 3.64. The SMILES string of the molecule is CC(NC(=O)COC(=O)C1c2ccccc2Oc2ccccc21)c1cccs1. The van der Waals surface area contributed by atoms with Crippen LogP contribution in [0.4, 0.5) is 0 Å². The Morgan fingerprint density at radius 1 is 1.04 bits per heavy atom. The first-order valence-corrected chi connectivity index (χ1v) is 9.86. The smallest absolute Gasteiger partial charge is 0.318 e. The van der Waals surface area contributed by atoms with Gasteiger partial charge in [-0.2, -0.15) is 0 Å². The first kappa shape index (κ1) is 18.3. The van der Waals surface area contributed by atoms with Gasteiger partial charge in [-0.3, -0.25) is 9.59 Å². The molecule has 142 valence electrons. The largest absolute Gasteiger partial charge is 0.457 e. The maximum atomic E-state index is 12.9. The Balaban J connectivity index is 1.47. The van der Waals surface area contributed by atoms with E-state index in [-0.39, 0.29) is 18.6 Å². The first-order valence-electron chi connectivity index (χ1n) is 8.98. The molecule has 6 heteroatoms. The van der Waals surface area contributed by atoms with Crippen LogP contribution in [0.15, 0.2) is 66.0 Å². The number of nitrogens with one attached hydrogen (secondary N) is 1. The summed E-state index contributed by atoms with van der Waals surface area (Å²) in [6.45, 7) is 1.58. The highest BCUT2D eigenvalue weighted by Gasteiger charge is 2.33. The topological polar surface area (TPSA) is 64.6 Å². The number of para-hydroxylation sites is 2. The molecule has 4 rings (SSSR count). The van der Waals surface area contributed by atoms with Crippen LogP contribution in [-0.4, -0.2) is 18.5 Å². The highest BCUT2D eigenvalue weighted by Crippen LogP contribution is 2.44. The molecule has 3 aromatic rings. The fourth-order valence-corrected chi connectivity index (χ4v) is 4.01. The van der Waals surface area contributed by atoms with Crippen molar-refractivity contribution in [3.8, 4) is 11.5 Å². The highest BCUT2D eigenvalue weighted by molar-refractivity contribution is 7.10. The van der Waals surface area contributed by atoms with E-state index >= 15 is 0 Å². The molecule has 2 heterocycles. The molecule has 1 amide bonds. The normalized spacial score (nSPS) is 13.6. The Bertz CT molecular complexity index is 954. The van der Waals surface area contributed by atoms with E-state index in [4.69, 9.17) is 9.47 Å². The van der Waals surface area contributed by atoms with Crippen LogP contribution < -0.4 is 10.1 Å². The van der Waals surface area contributed by atoms with Crippen LogP contribution >= 0.6 is 11.3 Å². The third-order valence-corrected chi connectivity index (χ3v) is 5.66. The van der Waals surface area contributed by atoms with E-state index < -0.39 is 11.9 Å². The second kappa shape index (κ2) is 7.86. The summed E-state index contributed by atoms with van der Waals surface area (Å²) in [7, 11) is 0. The van der Waals surface area contributed by atoms with Crippen molar-refractivity contribution in [3.63, 3.8) is 0 Å². The molecule has 1 unspecified atom stereocenters. The van der Waals surface area contributed by atoms with Gasteiger partial charge in [0, 0.05) is 16.0 Å². The van der Waals surface area contributed by atoms with Gasteiger partial charge in [0.2, 0.25) is 0 Å². The summed E-state index contributed by atoms with van der Waals surface area (Å²) in [4.78, 5) is 26.2. The van der Waals surface area contributed by atoms with Gasteiger partial charge in [-0.15, -0.1) is 11.3 Å². The van der Waals surface area contributed by atoms with Crippen LogP contribution in [0.3, 0.4) is 0 Å². The zero-order valence-electron chi connectivity index (χ0n) is 15.3. The number of benzene rings is 2. The lowest BCUT2D eigenvalue weighted by molar-refractivity contribution is -0.149. The predicted octanol–water partition coefficient (Wildman–Crippen LogP) is 4.41. The number of ether oxygens (including phenoxy) is 2. The van der Waals surface area contributed by atoms with Gasteiger partial charge in [0.05, 0.1) is 6.04 Å². The van der Waals surface area contributed by atoms with E-state index in [0.717, 1.165) is 16.0 Å². The maximum Gasteiger partial charge on any atom is 0.318 e. The summed E-state index contributed by atoms with van der Waals surface area (Å²) >= 11 is 1.57. The van der Waals surface area contributed by atoms with Crippen LogP contribution in [0.2, 0.25) is 0 Å². The van der Waals surface area contributed by atoms with Crippen LogP contribution in [0.5, 0.6) is 11.5 Å². The lowest BCUT2D eigenvalue weighted by Crippen LogP contribution is -2.32. The molecule has 1 aromatic heterocycles. The maximum absolute atomic E-state index is 12.9. The van der Waals surface area contributed by atoms with Gasteiger partial charge in [-0.05, 0) is 30.5 Å². The van der Waals surface area contributed by atoms with Gasteiger partial charge in [0.1, 0.15) is 17.4 Å². The van der Waals surface area contributed by atoms with Gasteiger partial charge >= 0.3 is 5.97 Å². The molecule has 5 nitrogen and oxygen atoms in total. The summed E-state index contributed by atoms with van der Waals surface area (Å²) in [5, 5.41) is 4.80. The van der Waals surface area contributed by atoms with E-state index in [0.29, 0.717) is 11.5 Å². The lowest BCUT2D eigenvalue weighted by Gasteiger charge is -2.26. The predicted molar refractivity (Wildman–Crippen MR) is 107 cm³/mol. The minimum absolute atomic E-state index is 0.129. The highest BCUT2D eigenvalue weighted by atomic mass is 32.1. The number of rotatable bonds is 5. The standard InChI is InChI=1S/C22H19NO4S/c1-14(19-11-6-12-28-19)23-20(24)13-26-22(25)21-15-7-2-4-9-17(15)27-18-10-5-3-8-16(18)21/h2-12,14,21H,13H2,1H3,(H,23,24). The number of fused-ring (bicyclic) bond motifs is 2. The molecule has 2 aromatic carbocycles. The molecule has 1 atom stereocenters. The quantitative estimate of drug-likeness (QED) is 0.653. The third-order valence-electron chi connectivity index (χ3n) is 4.61. The molecular weight excluding hydrogens is 374 g/mol. The minimum Gasteiger partial charge on any atom is -0.457 e. The molecular formula is C22H19NO4S. The Labute approximate surface area is 166 Å². The molecule has 0 fully saturated rings. The van der Waals surface area contributed by atoms with Gasteiger partial charge in [-0.25, -0.2) is 0 Å². The summed E-state index contributed by atoms with van der Waals surface area (Å²) in [5.74, 6) is -0.175. The number of amides is 1. The number of thiophene rings is 1. The average Bonchev–Trinajstić information content (AvgIpc) is 3.25. The molecule has 0 saturated heterocycles. The Hall–Kier alpha value is -3.12. The van der Waals surface area contributed by atoms with E-state index in [2.05, 4.69) is 5.32 Å². The fourth-order valence-electron chi connectivity index (χ4n) is 3.28. The molecule has 0 saturated carbocycles. The molecule has 1 N–H and O–H groups in total. The second-order valence-electron chi connectivity index (χ2n) is 6.52. The molecule has 0 aliphatic carbocycles. The van der Waals surface area contributed by atoms with Gasteiger partial charge < -0.3 is 14.8 Å². The molecule has 1 aliphatic rings. The molecule has 0 radical (unpaired) electrons. The molecule has 1 aliphatic heterocycles. The molecule has 0 spiro atoms. The van der Waals surface area contributed by atoms with Crippen molar-refractivity contribution < 1.29 is 19.1 Å². The average molecular weight is 393 g/mol. The van der Waals surface area contributed by atoms with Crippen molar-refractivity contribution in [2.75, 3.05) is 6.61 Å². The van der Waals surface area contributed by atoms with Gasteiger partial charge in [0.25, 0.3) is 5.91 Å². The van der Waals surface area contributed by atoms with Crippen molar-refractivity contribution in [3.05, 3.63) is 82.0 Å². The van der Waals surface area contributed by atoms with Crippen molar-refractivity contribution in [2.24, 2.45) is 0 Å². The van der Waals surface area contributed by atoms with E-state index in [1.165, 1.54) is 0 Å². The number of carbonyl (C=O) groups is 2. The number of carbonyl (C=O) groups excluding carboxylic acids is 2. The number of hydrogen-bond donors (Lipinski definition) is 1. The monoisotopic (exact) mass is 393 g/mol. The Morgan fingerprint density at radius 2 is 1.68 bits per heavy atom. The van der Waals surface area contributed by atoms with Crippen molar-refractivity contribution in [2.45, 2.75) is 18.9 Å². The molecule has 0 bridgehead atoms. The zero-order chi connectivity index (χ0) is 19.5. The minimum atomic E-state index is -0.622. The van der Waals surface area contributed by atoms with Crippen molar-refractivity contribution in [1.29, 1.82) is 0 Å². The Morgan fingerprint density at radius 3 is 2.29 bits per heavy atom. The number of hydrogen-bond acceptors (Lipinski definition) is 5. The summed E-state index contributed by atoms with van der Waals surface area (Å²) in [6, 6.07) is 18.5. The lowest BCUT2D eigenvalue weighted by atomic mass is 9.88. The summed E-state index contributed by atoms with van der Waals surface area (Å²) < 4.78 is 11.3. The molecule has 28 heavy (non-hydrogen) atoms. The summed E-state index contributed by atoms with van der Waals surface area (Å²) in [5.41, 5.74) is 1.47. The van der Waals surface area contributed by atoms with E-state index in [1.54, 1.807) is 11.3 Å². The van der Waals surface area contributed by atoms with Gasteiger partial charge in [0.15, 0.2) is 6.61 Å². The number of esters is 1. The zero-order valence-corrected chi connectivity index (χ0v) is 16.1. The summed E-state index contributed by atoms with van der Waals surface area (Å²) in [6.07, 6.45) is 0. The van der Waals surface area contributed by atoms with Crippen LogP contribution in [0, 0.1) is 0 Å². The Kier molecular flexibility index (Phi) is 5.12. The second-order valence-corrected chi connectivity index (χ2v) is 7.50. The van der Waals surface area contributed by atoms with Crippen molar-refractivity contribution >= 4 is 23.2 Å². The fraction of sp³-hybridized carbons (Fsp3) is 0.182. The van der Waals surface area contributed by atoms with Crippen molar-refractivity contribution in [1.82, 2.24) is 5.32 Å². The van der Waals surface area contributed by atoms with Gasteiger partial charge in [-0.1, -0.05) is 42.5 Å². The van der Waals surface area contributed by atoms with Crippen LogP contribution in [0.1, 0.15) is 34.9 Å². The van der Waals surface area contributed by atoms with E-state index in [9.17, 15) is 9.59 Å². The first-order chi connectivity index (χ1) is 13.6.